The molecule has 0 atom stereocenters. The number of rotatable bonds is 3. The number of nitrogens with zero attached hydrogens (tertiary/aromatic N) is 3. The molecular weight excluding hydrogens is 321 g/mol. The highest BCUT2D eigenvalue weighted by Crippen LogP contribution is 2.29. The SMILES string of the molecule is Cc1nn(C)c(Cl)c1S(=O)(=O)N(C)c1ccc(Cl)cc1. The average molecular weight is 334 g/mol. The monoisotopic (exact) mass is 333 g/mol. The van der Waals surface area contributed by atoms with E-state index in [0.29, 0.717) is 16.4 Å². The molecular formula is C12H13Cl2N3O2S. The van der Waals surface area contributed by atoms with E-state index in [-0.39, 0.29) is 10.0 Å². The molecule has 0 amide bonds. The summed E-state index contributed by atoms with van der Waals surface area (Å²) in [7, 11) is -0.717. The van der Waals surface area contributed by atoms with Crippen LogP contribution in [0.1, 0.15) is 5.69 Å². The Hall–Kier alpha value is -1.24. The van der Waals surface area contributed by atoms with Crippen LogP contribution in [-0.4, -0.2) is 25.2 Å². The van der Waals surface area contributed by atoms with E-state index in [4.69, 9.17) is 23.2 Å². The van der Waals surface area contributed by atoms with Gasteiger partial charge in [-0.25, -0.2) is 8.42 Å². The van der Waals surface area contributed by atoms with Crippen LogP contribution >= 0.6 is 23.2 Å². The van der Waals surface area contributed by atoms with Crippen LogP contribution in [0, 0.1) is 6.92 Å². The molecule has 0 N–H and O–H groups in total. The number of aromatic nitrogens is 2. The molecule has 1 aromatic carbocycles. The van der Waals surface area contributed by atoms with Crippen LogP contribution in [0.3, 0.4) is 0 Å². The molecule has 0 radical (unpaired) electrons. The van der Waals surface area contributed by atoms with Crippen molar-refractivity contribution < 1.29 is 8.42 Å². The van der Waals surface area contributed by atoms with Crippen LogP contribution < -0.4 is 4.31 Å². The zero-order valence-electron chi connectivity index (χ0n) is 11.1. The van der Waals surface area contributed by atoms with Crippen molar-refractivity contribution in [3.05, 3.63) is 40.1 Å². The lowest BCUT2D eigenvalue weighted by molar-refractivity contribution is 0.594. The maximum Gasteiger partial charge on any atom is 0.269 e. The van der Waals surface area contributed by atoms with Crippen molar-refractivity contribution >= 4 is 38.9 Å². The first kappa shape index (κ1) is 15.2. The zero-order chi connectivity index (χ0) is 15.1. The van der Waals surface area contributed by atoms with Crippen molar-refractivity contribution in [1.82, 2.24) is 9.78 Å². The Balaban J connectivity index is 2.52. The summed E-state index contributed by atoms with van der Waals surface area (Å²) in [5, 5.41) is 4.65. The van der Waals surface area contributed by atoms with Crippen molar-refractivity contribution in [1.29, 1.82) is 0 Å². The summed E-state index contributed by atoms with van der Waals surface area (Å²) in [6, 6.07) is 6.50. The van der Waals surface area contributed by atoms with E-state index in [2.05, 4.69) is 5.10 Å². The predicted octanol–water partition coefficient (Wildman–Crippen LogP) is 2.86. The second kappa shape index (κ2) is 5.27. The summed E-state index contributed by atoms with van der Waals surface area (Å²) in [6.45, 7) is 1.61. The first-order chi connectivity index (χ1) is 9.25. The van der Waals surface area contributed by atoms with Crippen LogP contribution in [0.15, 0.2) is 29.2 Å². The quantitative estimate of drug-likeness (QED) is 0.867. The maximum atomic E-state index is 12.6. The minimum Gasteiger partial charge on any atom is -0.269 e. The lowest BCUT2D eigenvalue weighted by atomic mass is 10.3. The van der Waals surface area contributed by atoms with Crippen molar-refractivity contribution in [2.24, 2.45) is 7.05 Å². The average Bonchev–Trinajstić information content (AvgIpc) is 2.63. The second-order valence-corrected chi connectivity index (χ2v) is 6.98. The molecule has 2 rings (SSSR count). The van der Waals surface area contributed by atoms with E-state index < -0.39 is 10.0 Å². The molecule has 0 aliphatic heterocycles. The molecule has 0 unspecified atom stereocenters. The van der Waals surface area contributed by atoms with E-state index in [9.17, 15) is 8.42 Å². The Morgan fingerprint density at radius 1 is 1.20 bits per heavy atom. The third-order valence-electron chi connectivity index (χ3n) is 2.91. The first-order valence-electron chi connectivity index (χ1n) is 5.68. The Bertz CT molecular complexity index is 739. The molecule has 2 aromatic rings. The van der Waals surface area contributed by atoms with Gasteiger partial charge in [0.05, 0.1) is 11.4 Å². The highest BCUT2D eigenvalue weighted by atomic mass is 35.5. The van der Waals surface area contributed by atoms with Gasteiger partial charge in [0, 0.05) is 19.1 Å². The second-order valence-electron chi connectivity index (χ2n) is 4.28. The number of sulfonamides is 1. The summed E-state index contributed by atoms with van der Waals surface area (Å²) >= 11 is 11.8. The van der Waals surface area contributed by atoms with Gasteiger partial charge in [-0.3, -0.25) is 8.99 Å². The minimum absolute atomic E-state index is 0.0131. The number of hydrogen-bond donors (Lipinski definition) is 0. The van der Waals surface area contributed by atoms with Gasteiger partial charge >= 0.3 is 0 Å². The number of halogens is 2. The predicted molar refractivity (Wildman–Crippen MR) is 80.0 cm³/mol. The van der Waals surface area contributed by atoms with E-state index in [1.165, 1.54) is 11.7 Å². The van der Waals surface area contributed by atoms with Gasteiger partial charge < -0.3 is 0 Å². The van der Waals surface area contributed by atoms with Crippen LogP contribution in [0.4, 0.5) is 5.69 Å². The fourth-order valence-corrected chi connectivity index (χ4v) is 3.86. The van der Waals surface area contributed by atoms with Crippen LogP contribution in [0.25, 0.3) is 0 Å². The molecule has 1 aromatic heterocycles. The summed E-state index contributed by atoms with van der Waals surface area (Å²) in [5.74, 6) is 0. The molecule has 108 valence electrons. The zero-order valence-corrected chi connectivity index (χ0v) is 13.5. The van der Waals surface area contributed by atoms with Crippen molar-refractivity contribution in [2.45, 2.75) is 11.8 Å². The van der Waals surface area contributed by atoms with Gasteiger partial charge in [-0.2, -0.15) is 5.10 Å². The van der Waals surface area contributed by atoms with E-state index in [1.807, 2.05) is 0 Å². The van der Waals surface area contributed by atoms with Gasteiger partial charge in [-0.1, -0.05) is 23.2 Å². The van der Waals surface area contributed by atoms with Crippen LogP contribution in [0.2, 0.25) is 10.2 Å². The largest absolute Gasteiger partial charge is 0.269 e. The number of anilines is 1. The minimum atomic E-state index is -3.77. The summed E-state index contributed by atoms with van der Waals surface area (Å²) in [4.78, 5) is 0.0131. The lowest BCUT2D eigenvalue weighted by Gasteiger charge is -2.19. The van der Waals surface area contributed by atoms with Crippen molar-refractivity contribution in [3.8, 4) is 0 Å². The highest BCUT2D eigenvalue weighted by molar-refractivity contribution is 7.93. The summed E-state index contributed by atoms with van der Waals surface area (Å²) in [5.41, 5.74) is 0.854. The maximum absolute atomic E-state index is 12.6. The van der Waals surface area contributed by atoms with E-state index >= 15 is 0 Å². The molecule has 1 heterocycles. The topological polar surface area (TPSA) is 55.2 Å². The fraction of sp³-hybridized carbons (Fsp3) is 0.250. The fourth-order valence-electron chi connectivity index (χ4n) is 1.83. The van der Waals surface area contributed by atoms with E-state index in [0.717, 1.165) is 4.31 Å². The van der Waals surface area contributed by atoms with Gasteiger partial charge in [-0.05, 0) is 31.2 Å². The lowest BCUT2D eigenvalue weighted by Crippen LogP contribution is -2.27. The Morgan fingerprint density at radius 2 is 1.75 bits per heavy atom. The van der Waals surface area contributed by atoms with E-state index in [1.54, 1.807) is 38.2 Å². The normalized spacial score (nSPS) is 11.7. The van der Waals surface area contributed by atoms with Gasteiger partial charge in [0.1, 0.15) is 10.0 Å². The molecule has 0 aliphatic carbocycles. The van der Waals surface area contributed by atoms with Crippen LogP contribution in [-0.2, 0) is 17.1 Å². The molecule has 0 saturated carbocycles. The van der Waals surface area contributed by atoms with Gasteiger partial charge in [0.2, 0.25) is 0 Å². The molecule has 20 heavy (non-hydrogen) atoms. The third-order valence-corrected chi connectivity index (χ3v) is 5.64. The van der Waals surface area contributed by atoms with Gasteiger partial charge in [0.25, 0.3) is 10.0 Å². The molecule has 5 nitrogen and oxygen atoms in total. The Kier molecular flexibility index (Phi) is 4.00. The smallest absolute Gasteiger partial charge is 0.269 e. The Morgan fingerprint density at radius 3 is 2.20 bits per heavy atom. The standard InChI is InChI=1S/C12H13Cl2N3O2S/c1-8-11(12(14)16(2)15-8)20(18,19)17(3)10-6-4-9(13)5-7-10/h4-7H,1-3H3. The van der Waals surface area contributed by atoms with Crippen LogP contribution in [0.5, 0.6) is 0 Å². The first-order valence-corrected chi connectivity index (χ1v) is 7.88. The Labute approximate surface area is 127 Å². The number of benzene rings is 1. The number of aryl methyl sites for hydroxylation is 2. The summed E-state index contributed by atoms with van der Waals surface area (Å²) in [6.07, 6.45) is 0. The molecule has 8 heteroatoms. The molecule has 0 fully saturated rings. The molecule has 0 spiro atoms. The molecule has 0 saturated heterocycles. The number of hydrogen-bond acceptors (Lipinski definition) is 3. The van der Waals surface area contributed by atoms with Gasteiger partial charge in [-0.15, -0.1) is 0 Å². The molecule has 0 aliphatic rings. The highest BCUT2D eigenvalue weighted by Gasteiger charge is 2.29. The van der Waals surface area contributed by atoms with Crippen molar-refractivity contribution in [2.75, 3.05) is 11.4 Å². The van der Waals surface area contributed by atoms with Crippen molar-refractivity contribution in [3.63, 3.8) is 0 Å². The van der Waals surface area contributed by atoms with Gasteiger partial charge in [0.15, 0.2) is 0 Å². The summed E-state index contributed by atoms with van der Waals surface area (Å²) < 4.78 is 27.7. The molecule has 0 bridgehead atoms. The third kappa shape index (κ3) is 2.51.